The topological polar surface area (TPSA) is 18.5 Å². The lowest BCUT2D eigenvalue weighted by atomic mass is 10.0. The summed E-state index contributed by atoms with van der Waals surface area (Å²) in [5.74, 6) is 1.02. The maximum absolute atomic E-state index is 4.13. The molecule has 1 N–H and O–H groups in total. The van der Waals surface area contributed by atoms with Gasteiger partial charge in [-0.25, -0.2) is 0 Å². The van der Waals surface area contributed by atoms with Crippen LogP contribution in [0.25, 0.3) is 0 Å². The molecule has 0 aliphatic carbocycles. The minimum Gasteiger partial charge on any atom is -0.343 e. The van der Waals surface area contributed by atoms with E-state index in [4.69, 9.17) is 0 Å². The van der Waals surface area contributed by atoms with Gasteiger partial charge in [-0.1, -0.05) is 6.58 Å². The van der Waals surface area contributed by atoms with Crippen molar-refractivity contribution in [1.29, 1.82) is 0 Å². The van der Waals surface area contributed by atoms with Crippen LogP contribution < -0.4 is 5.32 Å². The Bertz CT molecular complexity index is 379. The van der Waals surface area contributed by atoms with E-state index in [0.717, 1.165) is 18.9 Å². The maximum atomic E-state index is 4.13. The molecule has 3 heteroatoms. The summed E-state index contributed by atoms with van der Waals surface area (Å²) in [7, 11) is 0. The van der Waals surface area contributed by atoms with Gasteiger partial charge in [-0.05, 0) is 41.5 Å². The SMILES string of the molecule is C=C1NC2=C(CN(C(C)(C)C)C2)N1C(C)(C)C. The average molecular weight is 235 g/mol. The second-order valence-electron chi connectivity index (χ2n) is 7.03. The first-order chi connectivity index (χ1) is 7.60. The van der Waals surface area contributed by atoms with Crippen LogP contribution in [0, 0.1) is 0 Å². The summed E-state index contributed by atoms with van der Waals surface area (Å²) in [6.45, 7) is 19.6. The Labute approximate surface area is 105 Å². The van der Waals surface area contributed by atoms with Gasteiger partial charge in [0.25, 0.3) is 0 Å². The van der Waals surface area contributed by atoms with Crippen LogP contribution in [0.1, 0.15) is 41.5 Å². The van der Waals surface area contributed by atoms with E-state index in [1.807, 2.05) is 0 Å². The zero-order chi connectivity index (χ0) is 13.0. The van der Waals surface area contributed by atoms with Gasteiger partial charge in [-0.15, -0.1) is 0 Å². The largest absolute Gasteiger partial charge is 0.343 e. The van der Waals surface area contributed by atoms with Crippen LogP contribution in [0.5, 0.6) is 0 Å². The predicted molar refractivity (Wildman–Crippen MR) is 72.2 cm³/mol. The van der Waals surface area contributed by atoms with Gasteiger partial charge in [0.1, 0.15) is 5.82 Å². The summed E-state index contributed by atoms with van der Waals surface area (Å²) in [6, 6.07) is 0. The van der Waals surface area contributed by atoms with Crippen molar-refractivity contribution in [2.75, 3.05) is 13.1 Å². The summed E-state index contributed by atoms with van der Waals surface area (Å²) in [5.41, 5.74) is 3.05. The first-order valence-electron chi connectivity index (χ1n) is 6.34. The van der Waals surface area contributed by atoms with Crippen LogP contribution in [0.4, 0.5) is 0 Å². The lowest BCUT2D eigenvalue weighted by Gasteiger charge is -2.39. The van der Waals surface area contributed by atoms with Gasteiger partial charge in [0.05, 0.1) is 11.4 Å². The van der Waals surface area contributed by atoms with Gasteiger partial charge in [0, 0.05) is 24.2 Å². The molecule has 0 bridgehead atoms. The molecule has 0 aromatic heterocycles. The van der Waals surface area contributed by atoms with Crippen LogP contribution in [0.3, 0.4) is 0 Å². The minimum atomic E-state index is 0.0923. The third-order valence-corrected chi connectivity index (χ3v) is 3.49. The average Bonchev–Trinajstić information content (AvgIpc) is 2.54. The van der Waals surface area contributed by atoms with E-state index < -0.39 is 0 Å². The van der Waals surface area contributed by atoms with Crippen LogP contribution in [0.2, 0.25) is 0 Å². The highest BCUT2D eigenvalue weighted by Gasteiger charge is 2.40. The van der Waals surface area contributed by atoms with Crippen molar-refractivity contribution in [3.05, 3.63) is 23.8 Å². The summed E-state index contributed by atoms with van der Waals surface area (Å²) >= 11 is 0. The quantitative estimate of drug-likeness (QED) is 0.696. The van der Waals surface area contributed by atoms with Gasteiger partial charge in [-0.3, -0.25) is 4.90 Å². The summed E-state index contributed by atoms with van der Waals surface area (Å²) < 4.78 is 0. The number of nitrogens with one attached hydrogen (secondary N) is 1. The summed E-state index contributed by atoms with van der Waals surface area (Å²) in [4.78, 5) is 4.84. The van der Waals surface area contributed by atoms with E-state index >= 15 is 0 Å². The molecule has 96 valence electrons. The predicted octanol–water partition coefficient (Wildman–Crippen LogP) is 2.49. The van der Waals surface area contributed by atoms with Crippen LogP contribution in [-0.4, -0.2) is 34.0 Å². The molecule has 0 atom stereocenters. The van der Waals surface area contributed by atoms with Crippen molar-refractivity contribution in [2.45, 2.75) is 52.6 Å². The first-order valence-corrected chi connectivity index (χ1v) is 6.34. The van der Waals surface area contributed by atoms with Crippen LogP contribution in [-0.2, 0) is 0 Å². The summed E-state index contributed by atoms with van der Waals surface area (Å²) in [6.07, 6.45) is 0. The molecule has 2 rings (SSSR count). The highest BCUT2D eigenvalue weighted by atomic mass is 15.4. The fraction of sp³-hybridized carbons (Fsp3) is 0.714. The fourth-order valence-corrected chi connectivity index (χ4v) is 2.61. The fourth-order valence-electron chi connectivity index (χ4n) is 2.61. The van der Waals surface area contributed by atoms with Gasteiger partial charge >= 0.3 is 0 Å². The molecular weight excluding hydrogens is 210 g/mol. The van der Waals surface area contributed by atoms with Crippen molar-refractivity contribution < 1.29 is 0 Å². The second kappa shape index (κ2) is 3.52. The molecule has 3 nitrogen and oxygen atoms in total. The van der Waals surface area contributed by atoms with Crippen molar-refractivity contribution in [3.8, 4) is 0 Å². The zero-order valence-electron chi connectivity index (χ0n) is 12.0. The highest BCUT2D eigenvalue weighted by Crippen LogP contribution is 2.36. The molecule has 0 amide bonds. The standard InChI is InChI=1S/C14H25N3/c1-10-15-11-8-16(13(2,3)4)9-12(11)17(10)14(5,6)7/h15H,1,8-9H2,2-7H3. The minimum absolute atomic E-state index is 0.0923. The van der Waals surface area contributed by atoms with Crippen LogP contribution >= 0.6 is 0 Å². The Morgan fingerprint density at radius 2 is 1.59 bits per heavy atom. The molecule has 0 spiro atoms. The molecular formula is C14H25N3. The smallest absolute Gasteiger partial charge is 0.103 e. The molecule has 2 aliphatic heterocycles. The van der Waals surface area contributed by atoms with Crippen molar-refractivity contribution in [2.24, 2.45) is 0 Å². The molecule has 0 unspecified atom stereocenters. The second-order valence-corrected chi connectivity index (χ2v) is 7.03. The highest BCUT2D eigenvalue weighted by molar-refractivity contribution is 5.34. The van der Waals surface area contributed by atoms with E-state index in [2.05, 4.69) is 63.2 Å². The Morgan fingerprint density at radius 1 is 1.00 bits per heavy atom. The molecule has 2 aliphatic rings. The maximum Gasteiger partial charge on any atom is 0.103 e. The molecule has 0 radical (unpaired) electrons. The number of rotatable bonds is 0. The Morgan fingerprint density at radius 3 is 2.06 bits per heavy atom. The Hall–Kier alpha value is -0.960. The molecule has 17 heavy (non-hydrogen) atoms. The molecule has 0 aromatic carbocycles. The first kappa shape index (κ1) is 12.5. The third-order valence-electron chi connectivity index (χ3n) is 3.49. The third kappa shape index (κ3) is 2.08. The molecule has 0 saturated carbocycles. The van der Waals surface area contributed by atoms with E-state index in [-0.39, 0.29) is 11.1 Å². The van der Waals surface area contributed by atoms with Gasteiger partial charge in [0.15, 0.2) is 0 Å². The normalized spacial score (nSPS) is 22.2. The van der Waals surface area contributed by atoms with Crippen molar-refractivity contribution >= 4 is 0 Å². The molecule has 0 aromatic rings. The lowest BCUT2D eigenvalue weighted by Crippen LogP contribution is -2.46. The number of nitrogens with zero attached hydrogens (tertiary/aromatic N) is 2. The van der Waals surface area contributed by atoms with E-state index in [1.165, 1.54) is 11.4 Å². The monoisotopic (exact) mass is 235 g/mol. The van der Waals surface area contributed by atoms with E-state index in [0.29, 0.717) is 0 Å². The number of hydrogen-bond acceptors (Lipinski definition) is 3. The van der Waals surface area contributed by atoms with Gasteiger partial charge in [-0.2, -0.15) is 0 Å². The lowest BCUT2D eigenvalue weighted by molar-refractivity contribution is 0.151. The zero-order valence-corrected chi connectivity index (χ0v) is 12.0. The van der Waals surface area contributed by atoms with E-state index in [9.17, 15) is 0 Å². The Kier molecular flexibility index (Phi) is 2.58. The Balaban J connectivity index is 2.22. The van der Waals surface area contributed by atoms with Gasteiger partial charge < -0.3 is 10.2 Å². The van der Waals surface area contributed by atoms with Crippen molar-refractivity contribution in [1.82, 2.24) is 15.1 Å². The molecule has 0 fully saturated rings. The summed E-state index contributed by atoms with van der Waals surface area (Å²) in [5, 5.41) is 3.44. The van der Waals surface area contributed by atoms with Crippen LogP contribution in [0.15, 0.2) is 23.8 Å². The van der Waals surface area contributed by atoms with Gasteiger partial charge in [0.2, 0.25) is 0 Å². The van der Waals surface area contributed by atoms with E-state index in [1.54, 1.807) is 0 Å². The molecule has 2 heterocycles. The van der Waals surface area contributed by atoms with Crippen molar-refractivity contribution in [3.63, 3.8) is 0 Å². The number of hydrogen-bond donors (Lipinski definition) is 1. The molecule has 0 saturated heterocycles.